The summed E-state index contributed by atoms with van der Waals surface area (Å²) in [5, 5.41) is 9.21. The summed E-state index contributed by atoms with van der Waals surface area (Å²) in [6.07, 6.45) is 17.0. The van der Waals surface area contributed by atoms with E-state index in [0.29, 0.717) is 57.1 Å². The predicted molar refractivity (Wildman–Crippen MR) is 279 cm³/mol. The Balaban J connectivity index is 0.000000196. The first-order valence-corrected chi connectivity index (χ1v) is 26.5. The minimum absolute atomic E-state index is 0.0690. The van der Waals surface area contributed by atoms with Crippen molar-refractivity contribution >= 4 is 18.2 Å². The lowest BCUT2D eigenvalue weighted by atomic mass is 9.72. The smallest absolute Gasteiger partial charge is 0.308 e. The molecule has 0 amide bonds. The molecule has 4 aromatic rings. The highest BCUT2D eigenvalue weighted by Gasteiger charge is 2.33. The number of esters is 1. The van der Waals surface area contributed by atoms with Crippen molar-refractivity contribution in [3.05, 3.63) is 108 Å². The third-order valence-electron chi connectivity index (χ3n) is 15.7. The number of ether oxygens (including phenoxy) is 3. The molecule has 0 spiro atoms. The summed E-state index contributed by atoms with van der Waals surface area (Å²) in [5.41, 5.74) is 10.7. The van der Waals surface area contributed by atoms with Gasteiger partial charge in [-0.2, -0.15) is 0 Å². The van der Waals surface area contributed by atoms with Crippen molar-refractivity contribution in [1.29, 1.82) is 0 Å². The Bertz CT molecular complexity index is 2350. The minimum Gasteiger partial charge on any atom is -0.490 e. The van der Waals surface area contributed by atoms with E-state index in [0.717, 1.165) is 114 Å². The molecule has 0 heterocycles. The highest BCUT2D eigenvalue weighted by Crippen LogP contribution is 2.41. The van der Waals surface area contributed by atoms with Crippen LogP contribution < -0.4 is 15.2 Å². The summed E-state index contributed by atoms with van der Waals surface area (Å²) in [6.45, 7) is 16.1. The molecule has 71 heavy (non-hydrogen) atoms. The van der Waals surface area contributed by atoms with Crippen molar-refractivity contribution in [2.45, 2.75) is 169 Å². The van der Waals surface area contributed by atoms with Crippen LogP contribution in [0.4, 0.5) is 8.78 Å². The highest BCUT2D eigenvalue weighted by atomic mass is 19.1. The number of halogens is 2. The molecule has 4 aromatic carbocycles. The van der Waals surface area contributed by atoms with E-state index in [1.165, 1.54) is 30.5 Å². The van der Waals surface area contributed by atoms with Gasteiger partial charge in [-0.3, -0.25) is 14.4 Å². The number of carbonyl (C=O) groups is 3. The lowest BCUT2D eigenvalue weighted by Gasteiger charge is -2.37. The van der Waals surface area contributed by atoms with E-state index in [-0.39, 0.29) is 47.7 Å². The number of hydrogen-bond donors (Lipinski definition) is 2. The number of rotatable bonds is 13. The summed E-state index contributed by atoms with van der Waals surface area (Å²) in [5.74, 6) is 1.71. The molecular formula is C61H81F2NO7. The van der Waals surface area contributed by atoms with E-state index >= 15 is 4.39 Å². The predicted octanol–water partition coefficient (Wildman–Crippen LogP) is 14.9. The van der Waals surface area contributed by atoms with Gasteiger partial charge in [-0.1, -0.05) is 84.0 Å². The Morgan fingerprint density at radius 1 is 0.648 bits per heavy atom. The van der Waals surface area contributed by atoms with Crippen molar-refractivity contribution in [3.8, 4) is 33.8 Å². The monoisotopic (exact) mass is 978 g/mol. The quantitative estimate of drug-likeness (QED) is 0.100. The molecule has 3 N–H and O–H groups in total. The molecule has 0 aromatic heterocycles. The number of carboxylic acids is 1. The van der Waals surface area contributed by atoms with E-state index < -0.39 is 5.97 Å². The molecule has 0 aliphatic heterocycles. The van der Waals surface area contributed by atoms with Crippen LogP contribution in [0.5, 0.6) is 11.5 Å². The highest BCUT2D eigenvalue weighted by molar-refractivity contribution is 5.79. The average molecular weight is 978 g/mol. The Kier molecular flexibility index (Phi) is 19.9. The Morgan fingerprint density at radius 3 is 1.62 bits per heavy atom. The molecule has 386 valence electrons. The first kappa shape index (κ1) is 55.2. The van der Waals surface area contributed by atoms with Gasteiger partial charge in [0.25, 0.3) is 0 Å². The second-order valence-corrected chi connectivity index (χ2v) is 22.9. The van der Waals surface area contributed by atoms with Gasteiger partial charge in [0, 0.05) is 34.9 Å². The molecule has 4 aliphatic rings. The second-order valence-electron chi connectivity index (χ2n) is 22.9. The van der Waals surface area contributed by atoms with E-state index in [4.69, 9.17) is 19.9 Å². The van der Waals surface area contributed by atoms with E-state index in [1.807, 2.05) is 37.3 Å². The molecule has 0 radical (unpaired) electrons. The average Bonchev–Trinajstić information content (AvgIpc) is 4.01. The SMILES string of the molecule is CC(C)(C)C1CCC(Oc2ccc(-c3cccc(C=O)c3)c(F)c2)CC1.CC(C)(C)C1CCC(Oc2ccc(-c3cccc(CCC4CCC(C(=O)O)C4)c3)c(F)c2)CC1.CCOC(=O)C1CCC(N)C1. The van der Waals surface area contributed by atoms with Gasteiger partial charge < -0.3 is 25.1 Å². The number of aryl methyl sites for hydroxylation is 1. The van der Waals surface area contributed by atoms with Crippen molar-refractivity contribution in [1.82, 2.24) is 0 Å². The van der Waals surface area contributed by atoms with Gasteiger partial charge in [0.1, 0.15) is 29.4 Å². The van der Waals surface area contributed by atoms with Gasteiger partial charge >= 0.3 is 11.9 Å². The van der Waals surface area contributed by atoms with Crippen LogP contribution in [0.2, 0.25) is 0 Å². The van der Waals surface area contributed by atoms with Gasteiger partial charge in [-0.05, 0) is 185 Å². The lowest BCUT2D eigenvalue weighted by molar-refractivity contribution is -0.147. The van der Waals surface area contributed by atoms with Crippen LogP contribution in [0, 0.1) is 52.1 Å². The molecular weight excluding hydrogens is 897 g/mol. The normalized spacial score (nSPS) is 24.4. The van der Waals surface area contributed by atoms with Gasteiger partial charge in [-0.25, -0.2) is 8.78 Å². The van der Waals surface area contributed by atoms with E-state index in [9.17, 15) is 23.9 Å². The number of hydrogen-bond acceptors (Lipinski definition) is 7. The third kappa shape index (κ3) is 16.5. The van der Waals surface area contributed by atoms with Crippen LogP contribution in [0.25, 0.3) is 22.3 Å². The largest absolute Gasteiger partial charge is 0.490 e. The zero-order valence-electron chi connectivity index (χ0n) is 43.5. The number of carbonyl (C=O) groups excluding carboxylic acids is 2. The molecule has 0 bridgehead atoms. The molecule has 4 saturated carbocycles. The topological polar surface area (TPSA) is 125 Å². The zero-order valence-corrected chi connectivity index (χ0v) is 43.5. The number of benzene rings is 4. The van der Waals surface area contributed by atoms with Crippen molar-refractivity contribution in [3.63, 3.8) is 0 Å². The van der Waals surface area contributed by atoms with Gasteiger partial charge in [0.2, 0.25) is 0 Å². The van der Waals surface area contributed by atoms with Crippen molar-refractivity contribution < 1.29 is 42.5 Å². The second kappa shape index (κ2) is 25.5. The summed E-state index contributed by atoms with van der Waals surface area (Å²) in [4.78, 5) is 33.2. The summed E-state index contributed by atoms with van der Waals surface area (Å²) >= 11 is 0. The number of carboxylic acid groups (broad SMARTS) is 1. The maximum absolute atomic E-state index is 15.1. The van der Waals surface area contributed by atoms with Gasteiger partial charge in [0.05, 0.1) is 30.7 Å². The Morgan fingerprint density at radius 2 is 1.17 bits per heavy atom. The first-order chi connectivity index (χ1) is 33.8. The van der Waals surface area contributed by atoms with Crippen LogP contribution in [0.15, 0.2) is 84.9 Å². The van der Waals surface area contributed by atoms with Gasteiger partial charge in [-0.15, -0.1) is 0 Å². The van der Waals surface area contributed by atoms with Crippen LogP contribution >= 0.6 is 0 Å². The van der Waals surface area contributed by atoms with E-state index in [2.05, 4.69) is 53.7 Å². The van der Waals surface area contributed by atoms with Crippen LogP contribution in [-0.2, 0) is 20.7 Å². The van der Waals surface area contributed by atoms with Crippen molar-refractivity contribution in [2.75, 3.05) is 6.61 Å². The molecule has 4 aliphatic carbocycles. The lowest BCUT2D eigenvalue weighted by Crippen LogP contribution is -2.30. The van der Waals surface area contributed by atoms with E-state index in [1.54, 1.807) is 30.3 Å². The molecule has 4 atom stereocenters. The fourth-order valence-electron chi connectivity index (χ4n) is 11.2. The fourth-order valence-corrected chi connectivity index (χ4v) is 11.2. The summed E-state index contributed by atoms with van der Waals surface area (Å²) in [7, 11) is 0. The molecule has 8 nitrogen and oxygen atoms in total. The standard InChI is InChI=1S/C30H39FO3.C23H27FO2.C8H15NO2/c1-30(2,3)24-11-13-25(14-12-24)34-26-15-16-27(28(31)19-26)22-6-4-5-20(17-22)7-8-21-9-10-23(18-21)29(32)33;1-23(2,3)18-7-9-19(10-8-18)26-20-11-12-21(22(24)14-20)17-6-4-5-16(13-17)15-25;1-2-11-8(10)6-3-4-7(9)5-6/h4-6,15-17,19,21,23-25H,7-14,18H2,1-3H3,(H,32,33);4-6,11-15,18-19H,7-10H2,1-3H3;6-7H,2-5,9H2,1H3. The minimum atomic E-state index is -0.662. The van der Waals surface area contributed by atoms with Gasteiger partial charge in [0.15, 0.2) is 0 Å². The Hall–Kier alpha value is -5.09. The van der Waals surface area contributed by atoms with Crippen molar-refractivity contribution in [2.24, 2.45) is 46.2 Å². The summed E-state index contributed by atoms with van der Waals surface area (Å²) < 4.78 is 46.7. The maximum atomic E-state index is 15.1. The number of aliphatic carboxylic acids is 1. The fraction of sp³-hybridized carbons (Fsp3) is 0.557. The first-order valence-electron chi connectivity index (χ1n) is 26.5. The molecule has 10 heteroatoms. The molecule has 8 rings (SSSR count). The molecule has 4 fully saturated rings. The zero-order chi connectivity index (χ0) is 51.3. The van der Waals surface area contributed by atoms with Crippen LogP contribution in [0.3, 0.4) is 0 Å². The molecule has 0 saturated heterocycles. The number of nitrogens with two attached hydrogens (primary N) is 1. The summed E-state index contributed by atoms with van der Waals surface area (Å²) in [6, 6.07) is 25.5. The van der Waals surface area contributed by atoms with Crippen LogP contribution in [0.1, 0.15) is 161 Å². The Labute approximate surface area is 422 Å². The molecule has 4 unspecified atom stereocenters. The third-order valence-corrected chi connectivity index (χ3v) is 15.7. The van der Waals surface area contributed by atoms with Crippen LogP contribution in [-0.4, -0.2) is 48.2 Å². The maximum Gasteiger partial charge on any atom is 0.308 e. The number of aldehydes is 1.